The first-order valence-corrected chi connectivity index (χ1v) is 11.7. The Morgan fingerprint density at radius 1 is 0.875 bits per heavy atom. The monoisotopic (exact) mass is 371 g/mol. The number of sulfonamides is 1. The predicted octanol–water partition coefficient (Wildman–Crippen LogP) is 2.34. The highest BCUT2D eigenvalue weighted by Crippen LogP contribution is 2.42. The fourth-order valence-electron chi connectivity index (χ4n) is 4.15. The number of hydrogen-bond acceptors (Lipinski definition) is 4. The molecule has 2 heterocycles. The molecule has 3 rings (SSSR count). The first kappa shape index (κ1) is 17.9. The fourth-order valence-corrected chi connectivity index (χ4v) is 7.48. The number of benzene rings is 1. The van der Waals surface area contributed by atoms with E-state index >= 15 is 0 Å². The van der Waals surface area contributed by atoms with Gasteiger partial charge in [0.15, 0.2) is 0 Å². The summed E-state index contributed by atoms with van der Waals surface area (Å²) in [5.41, 5.74) is 2.78. The van der Waals surface area contributed by atoms with Crippen molar-refractivity contribution in [1.29, 1.82) is 0 Å². The predicted molar refractivity (Wildman–Crippen MR) is 94.4 cm³/mol. The average Bonchev–Trinajstić information content (AvgIpc) is 2.73. The summed E-state index contributed by atoms with van der Waals surface area (Å²) in [5, 5.41) is -0.415. The Balaban J connectivity index is 2.00. The molecule has 134 valence electrons. The van der Waals surface area contributed by atoms with Gasteiger partial charge in [-0.15, -0.1) is 0 Å². The molecule has 2 unspecified atom stereocenters. The van der Waals surface area contributed by atoms with Crippen LogP contribution in [0.3, 0.4) is 0 Å². The zero-order chi connectivity index (χ0) is 17.9. The van der Waals surface area contributed by atoms with Crippen LogP contribution in [-0.2, 0) is 19.9 Å². The molecule has 2 bridgehead atoms. The minimum absolute atomic E-state index is 0.200. The molecule has 2 fully saturated rings. The normalized spacial score (nSPS) is 28.2. The van der Waals surface area contributed by atoms with Crippen molar-refractivity contribution < 1.29 is 16.8 Å². The van der Waals surface area contributed by atoms with Gasteiger partial charge in [-0.2, -0.15) is 4.31 Å². The van der Waals surface area contributed by atoms with E-state index in [2.05, 4.69) is 0 Å². The number of piperidine rings is 1. The lowest BCUT2D eigenvalue weighted by Crippen LogP contribution is -2.49. The van der Waals surface area contributed by atoms with E-state index in [-0.39, 0.29) is 12.1 Å². The van der Waals surface area contributed by atoms with Gasteiger partial charge in [0, 0.05) is 18.3 Å². The van der Waals surface area contributed by atoms with Crippen molar-refractivity contribution in [2.45, 2.75) is 68.7 Å². The molecule has 5 nitrogen and oxygen atoms in total. The van der Waals surface area contributed by atoms with Gasteiger partial charge in [-0.1, -0.05) is 6.07 Å². The van der Waals surface area contributed by atoms with Crippen LogP contribution >= 0.6 is 0 Å². The smallest absolute Gasteiger partial charge is 0.229 e. The van der Waals surface area contributed by atoms with Crippen LogP contribution < -0.4 is 0 Å². The van der Waals surface area contributed by atoms with Gasteiger partial charge in [0.05, 0.1) is 10.1 Å². The molecule has 0 N–H and O–H groups in total. The molecule has 1 aromatic carbocycles. The van der Waals surface area contributed by atoms with Gasteiger partial charge in [-0.05, 0) is 69.2 Å². The van der Waals surface area contributed by atoms with Crippen LogP contribution in [0.5, 0.6) is 0 Å². The second kappa shape index (κ2) is 5.81. The van der Waals surface area contributed by atoms with Crippen molar-refractivity contribution in [2.75, 3.05) is 6.26 Å². The number of rotatable bonds is 3. The Labute approximate surface area is 145 Å². The zero-order valence-corrected chi connectivity index (χ0v) is 16.2. The lowest BCUT2D eigenvalue weighted by molar-refractivity contribution is 0.249. The van der Waals surface area contributed by atoms with Crippen molar-refractivity contribution in [3.8, 4) is 0 Å². The molecule has 2 atom stereocenters. The summed E-state index contributed by atoms with van der Waals surface area (Å²) in [4.78, 5) is 0.361. The second-order valence-electron chi connectivity index (χ2n) is 7.34. The Kier molecular flexibility index (Phi) is 4.33. The molecule has 2 aliphatic rings. The topological polar surface area (TPSA) is 71.5 Å². The summed E-state index contributed by atoms with van der Waals surface area (Å²) >= 11 is 0. The third-order valence-electron chi connectivity index (χ3n) is 5.58. The molecule has 2 aliphatic heterocycles. The molecule has 0 aliphatic carbocycles. The summed E-state index contributed by atoms with van der Waals surface area (Å²) in [7, 11) is -6.73. The van der Waals surface area contributed by atoms with Gasteiger partial charge in [0.1, 0.15) is 9.84 Å². The Bertz CT molecular complexity index is 860. The van der Waals surface area contributed by atoms with Crippen molar-refractivity contribution >= 4 is 19.9 Å². The third kappa shape index (κ3) is 2.91. The summed E-state index contributed by atoms with van der Waals surface area (Å²) in [5.74, 6) is 0. The quantitative estimate of drug-likeness (QED) is 0.818. The van der Waals surface area contributed by atoms with Crippen LogP contribution in [0.25, 0.3) is 0 Å². The Morgan fingerprint density at radius 2 is 1.38 bits per heavy atom. The van der Waals surface area contributed by atoms with Gasteiger partial charge in [0.2, 0.25) is 10.0 Å². The maximum Gasteiger partial charge on any atom is 0.243 e. The molecule has 0 saturated carbocycles. The highest BCUT2D eigenvalue weighted by Gasteiger charge is 2.49. The third-order valence-corrected chi connectivity index (χ3v) is 9.32. The van der Waals surface area contributed by atoms with E-state index in [4.69, 9.17) is 0 Å². The SMILES string of the molecule is Cc1cc(C)c(S(=O)(=O)N2C3CCC2CC(S(C)(=O)=O)C3)cc1C. The van der Waals surface area contributed by atoms with Crippen LogP contribution in [0.4, 0.5) is 0 Å². The molecule has 2 saturated heterocycles. The average molecular weight is 372 g/mol. The minimum atomic E-state index is -3.60. The number of nitrogens with zero attached hydrogens (tertiary/aromatic N) is 1. The summed E-state index contributed by atoms with van der Waals surface area (Å²) in [6, 6.07) is 3.26. The van der Waals surface area contributed by atoms with Crippen molar-refractivity contribution in [3.63, 3.8) is 0 Å². The first-order valence-electron chi connectivity index (χ1n) is 8.32. The summed E-state index contributed by atoms with van der Waals surface area (Å²) in [6.07, 6.45) is 3.59. The minimum Gasteiger partial charge on any atom is -0.229 e. The number of sulfone groups is 1. The van der Waals surface area contributed by atoms with Crippen molar-refractivity contribution in [2.24, 2.45) is 0 Å². The van der Waals surface area contributed by atoms with Crippen LogP contribution in [0.15, 0.2) is 17.0 Å². The van der Waals surface area contributed by atoms with E-state index in [9.17, 15) is 16.8 Å². The van der Waals surface area contributed by atoms with E-state index < -0.39 is 25.1 Å². The standard InChI is InChI=1S/C17H25NO4S2/c1-11-7-13(3)17(8-12(11)2)24(21,22)18-14-5-6-15(18)10-16(9-14)23(4,19)20/h7-8,14-16H,5-6,9-10H2,1-4H3. The van der Waals surface area contributed by atoms with Crippen LogP contribution in [0.2, 0.25) is 0 Å². The summed E-state index contributed by atoms with van der Waals surface area (Å²) < 4.78 is 51.9. The molecule has 0 radical (unpaired) electrons. The molecule has 24 heavy (non-hydrogen) atoms. The lowest BCUT2D eigenvalue weighted by atomic mass is 10.1. The highest BCUT2D eigenvalue weighted by atomic mass is 32.2. The fraction of sp³-hybridized carbons (Fsp3) is 0.647. The largest absolute Gasteiger partial charge is 0.243 e. The van der Waals surface area contributed by atoms with Gasteiger partial charge in [-0.25, -0.2) is 16.8 Å². The lowest BCUT2D eigenvalue weighted by Gasteiger charge is -2.37. The van der Waals surface area contributed by atoms with E-state index in [0.29, 0.717) is 17.7 Å². The maximum atomic E-state index is 13.3. The molecular formula is C17H25NO4S2. The number of fused-ring (bicyclic) bond motifs is 2. The van der Waals surface area contributed by atoms with Crippen molar-refractivity contribution in [3.05, 3.63) is 28.8 Å². The molecule has 1 aromatic rings. The van der Waals surface area contributed by atoms with Gasteiger partial charge in [0.25, 0.3) is 0 Å². The van der Waals surface area contributed by atoms with E-state index in [1.807, 2.05) is 26.8 Å². The zero-order valence-electron chi connectivity index (χ0n) is 14.6. The van der Waals surface area contributed by atoms with Crippen LogP contribution in [0.1, 0.15) is 42.4 Å². The van der Waals surface area contributed by atoms with Crippen LogP contribution in [0, 0.1) is 20.8 Å². The van der Waals surface area contributed by atoms with Gasteiger partial charge >= 0.3 is 0 Å². The van der Waals surface area contributed by atoms with Gasteiger partial charge in [-0.3, -0.25) is 0 Å². The Hall–Kier alpha value is -0.920. The van der Waals surface area contributed by atoms with Crippen LogP contribution in [-0.4, -0.2) is 44.7 Å². The number of hydrogen-bond donors (Lipinski definition) is 0. The van der Waals surface area contributed by atoms with Gasteiger partial charge < -0.3 is 0 Å². The number of aryl methyl sites for hydroxylation is 3. The first-order chi connectivity index (χ1) is 11.0. The molecule has 0 aromatic heterocycles. The summed E-state index contributed by atoms with van der Waals surface area (Å²) in [6.45, 7) is 5.71. The highest BCUT2D eigenvalue weighted by molar-refractivity contribution is 7.91. The second-order valence-corrected chi connectivity index (χ2v) is 11.5. The maximum absolute atomic E-state index is 13.3. The molecule has 7 heteroatoms. The van der Waals surface area contributed by atoms with E-state index in [1.165, 1.54) is 6.26 Å². The molecule has 0 spiro atoms. The molecular weight excluding hydrogens is 346 g/mol. The van der Waals surface area contributed by atoms with E-state index in [0.717, 1.165) is 29.5 Å². The Morgan fingerprint density at radius 3 is 1.88 bits per heavy atom. The van der Waals surface area contributed by atoms with E-state index in [1.54, 1.807) is 10.4 Å². The molecule has 0 amide bonds. The van der Waals surface area contributed by atoms with Crippen molar-refractivity contribution in [1.82, 2.24) is 4.31 Å².